The van der Waals surface area contributed by atoms with Crippen molar-refractivity contribution in [2.75, 3.05) is 12.4 Å². The minimum absolute atomic E-state index is 0.0636. The number of nitriles is 1. The number of nitrogens with zero attached hydrogens (tertiary/aromatic N) is 4. The third kappa shape index (κ3) is 4.65. The first-order chi connectivity index (χ1) is 14.6. The van der Waals surface area contributed by atoms with Gasteiger partial charge in [-0.25, -0.2) is 4.39 Å². The Balaban J connectivity index is 1.49. The van der Waals surface area contributed by atoms with E-state index in [1.54, 1.807) is 12.1 Å². The molecule has 1 aliphatic heterocycles. The molecule has 1 saturated carbocycles. The van der Waals surface area contributed by atoms with E-state index in [0.29, 0.717) is 30.4 Å². The van der Waals surface area contributed by atoms with Crippen LogP contribution in [-0.2, 0) is 16.1 Å². The van der Waals surface area contributed by atoms with E-state index in [1.165, 1.54) is 23.9 Å². The molecule has 1 saturated heterocycles. The number of hydrogen-bond acceptors (Lipinski definition) is 6. The van der Waals surface area contributed by atoms with E-state index in [9.17, 15) is 14.4 Å². The maximum Gasteiger partial charge on any atom is 0.231 e. The number of benzene rings is 1. The standard InChI is InChI=1S/C21H24FN5O2S/c22-16-7-5-15(6-8-16)19-25-26-20(27(19)12-17-4-3-11-29-17)30-13-18(28)24-21(14-23)9-1-2-10-21/h5-8,17H,1-4,9-13H2,(H,24,28). The van der Waals surface area contributed by atoms with Crippen molar-refractivity contribution in [1.82, 2.24) is 20.1 Å². The van der Waals surface area contributed by atoms with Crippen molar-refractivity contribution >= 4 is 17.7 Å². The average Bonchev–Trinajstić information content (AvgIpc) is 3.50. The van der Waals surface area contributed by atoms with Crippen molar-refractivity contribution in [2.24, 2.45) is 0 Å². The van der Waals surface area contributed by atoms with E-state index < -0.39 is 5.54 Å². The lowest BCUT2D eigenvalue weighted by Crippen LogP contribution is -2.45. The quantitative estimate of drug-likeness (QED) is 0.679. The van der Waals surface area contributed by atoms with Crippen molar-refractivity contribution in [3.05, 3.63) is 30.1 Å². The van der Waals surface area contributed by atoms with Crippen LogP contribution in [0.4, 0.5) is 4.39 Å². The predicted molar refractivity (Wildman–Crippen MR) is 110 cm³/mol. The fourth-order valence-electron chi connectivity index (χ4n) is 4.04. The van der Waals surface area contributed by atoms with Gasteiger partial charge >= 0.3 is 0 Å². The number of amides is 1. The molecule has 2 fully saturated rings. The molecule has 1 atom stereocenters. The topological polar surface area (TPSA) is 92.8 Å². The SMILES string of the molecule is N#CC1(NC(=O)CSc2nnc(-c3ccc(F)cc3)n2CC2CCCO2)CCCC1. The van der Waals surface area contributed by atoms with E-state index in [-0.39, 0.29) is 23.6 Å². The molecule has 158 valence electrons. The van der Waals surface area contributed by atoms with Crippen LogP contribution < -0.4 is 5.32 Å². The van der Waals surface area contributed by atoms with Crippen LogP contribution in [0.5, 0.6) is 0 Å². The Morgan fingerprint density at radius 1 is 1.30 bits per heavy atom. The van der Waals surface area contributed by atoms with Crippen LogP contribution in [0.15, 0.2) is 29.4 Å². The Morgan fingerprint density at radius 3 is 2.73 bits per heavy atom. The van der Waals surface area contributed by atoms with Crippen molar-refractivity contribution in [1.29, 1.82) is 5.26 Å². The van der Waals surface area contributed by atoms with Gasteiger partial charge in [0.05, 0.1) is 24.5 Å². The van der Waals surface area contributed by atoms with Crippen molar-refractivity contribution in [3.8, 4) is 17.5 Å². The summed E-state index contributed by atoms with van der Waals surface area (Å²) in [6.07, 6.45) is 5.34. The zero-order chi connectivity index (χ0) is 21.0. The Hall–Kier alpha value is -2.44. The fraction of sp³-hybridized carbons (Fsp3) is 0.524. The molecule has 2 aromatic rings. The summed E-state index contributed by atoms with van der Waals surface area (Å²) in [4.78, 5) is 12.5. The molecular formula is C21H24FN5O2S. The summed E-state index contributed by atoms with van der Waals surface area (Å²) in [6, 6.07) is 8.40. The fourth-order valence-corrected chi connectivity index (χ4v) is 4.79. The number of aromatic nitrogens is 3. The molecule has 2 heterocycles. The summed E-state index contributed by atoms with van der Waals surface area (Å²) in [6.45, 7) is 1.31. The second-order valence-corrected chi connectivity index (χ2v) is 8.74. The molecule has 7 nitrogen and oxygen atoms in total. The molecule has 1 aliphatic carbocycles. The molecule has 9 heteroatoms. The van der Waals surface area contributed by atoms with Crippen LogP contribution >= 0.6 is 11.8 Å². The molecular weight excluding hydrogens is 405 g/mol. The number of halogens is 1. The van der Waals surface area contributed by atoms with Crippen molar-refractivity contribution in [3.63, 3.8) is 0 Å². The summed E-state index contributed by atoms with van der Waals surface area (Å²) in [7, 11) is 0. The lowest BCUT2D eigenvalue weighted by atomic mass is 10.0. The predicted octanol–water partition coefficient (Wildman–Crippen LogP) is 3.31. The molecule has 1 unspecified atom stereocenters. The van der Waals surface area contributed by atoms with Crippen LogP contribution in [0.1, 0.15) is 38.5 Å². The lowest BCUT2D eigenvalue weighted by molar-refractivity contribution is -0.119. The third-order valence-corrected chi connectivity index (χ3v) is 6.58. The molecule has 30 heavy (non-hydrogen) atoms. The van der Waals surface area contributed by atoms with Gasteiger partial charge in [-0.15, -0.1) is 10.2 Å². The number of nitrogens with one attached hydrogen (secondary N) is 1. The minimum atomic E-state index is -0.734. The van der Waals surface area contributed by atoms with Crippen LogP contribution in [0.25, 0.3) is 11.4 Å². The maximum absolute atomic E-state index is 13.3. The zero-order valence-corrected chi connectivity index (χ0v) is 17.5. The molecule has 1 aromatic heterocycles. The normalized spacial score (nSPS) is 20.2. The Labute approximate surface area is 179 Å². The summed E-state index contributed by atoms with van der Waals surface area (Å²) >= 11 is 1.29. The molecule has 0 radical (unpaired) electrons. The molecule has 1 amide bonds. The first-order valence-corrected chi connectivity index (χ1v) is 11.2. The van der Waals surface area contributed by atoms with Gasteiger partial charge in [-0.1, -0.05) is 11.8 Å². The van der Waals surface area contributed by atoms with E-state index >= 15 is 0 Å². The van der Waals surface area contributed by atoms with Gasteiger partial charge in [-0.05, 0) is 62.8 Å². The maximum atomic E-state index is 13.3. The monoisotopic (exact) mass is 429 g/mol. The molecule has 1 aromatic carbocycles. The van der Waals surface area contributed by atoms with Crippen molar-refractivity contribution in [2.45, 2.75) is 61.9 Å². The first-order valence-electron chi connectivity index (χ1n) is 10.2. The van der Waals surface area contributed by atoms with E-state index in [2.05, 4.69) is 21.6 Å². The van der Waals surface area contributed by atoms with Crippen LogP contribution in [0.3, 0.4) is 0 Å². The van der Waals surface area contributed by atoms with Crippen LogP contribution in [-0.4, -0.2) is 44.7 Å². The largest absolute Gasteiger partial charge is 0.376 e. The van der Waals surface area contributed by atoms with Gasteiger partial charge in [-0.2, -0.15) is 5.26 Å². The van der Waals surface area contributed by atoms with Gasteiger partial charge in [0.15, 0.2) is 11.0 Å². The van der Waals surface area contributed by atoms with Gasteiger partial charge in [0.2, 0.25) is 5.91 Å². The van der Waals surface area contributed by atoms with Gasteiger partial charge in [0.25, 0.3) is 0 Å². The molecule has 0 bridgehead atoms. The Bertz CT molecular complexity index is 928. The third-order valence-electron chi connectivity index (χ3n) is 5.61. The summed E-state index contributed by atoms with van der Waals surface area (Å²) in [5.74, 6) is 0.279. The second kappa shape index (κ2) is 9.14. The van der Waals surface area contributed by atoms with Gasteiger partial charge < -0.3 is 10.1 Å². The molecule has 1 N–H and O–H groups in total. The number of carbonyl (C=O) groups excluding carboxylic acids is 1. The number of hydrogen-bond donors (Lipinski definition) is 1. The highest BCUT2D eigenvalue weighted by molar-refractivity contribution is 7.99. The molecule has 0 spiro atoms. The second-order valence-electron chi connectivity index (χ2n) is 7.80. The molecule has 4 rings (SSSR count). The lowest BCUT2D eigenvalue weighted by Gasteiger charge is -2.21. The van der Waals surface area contributed by atoms with E-state index in [1.807, 2.05) is 4.57 Å². The number of ether oxygens (including phenoxy) is 1. The van der Waals surface area contributed by atoms with Crippen LogP contribution in [0.2, 0.25) is 0 Å². The highest BCUT2D eigenvalue weighted by atomic mass is 32.2. The number of thioether (sulfide) groups is 1. The smallest absolute Gasteiger partial charge is 0.231 e. The zero-order valence-electron chi connectivity index (χ0n) is 16.6. The Kier molecular flexibility index (Phi) is 6.35. The summed E-state index contributed by atoms with van der Waals surface area (Å²) in [5.41, 5.74) is 0.0232. The number of carbonyl (C=O) groups is 1. The Morgan fingerprint density at radius 2 is 2.07 bits per heavy atom. The summed E-state index contributed by atoms with van der Waals surface area (Å²) < 4.78 is 21.1. The van der Waals surface area contributed by atoms with Gasteiger partial charge in [0, 0.05) is 12.2 Å². The summed E-state index contributed by atoms with van der Waals surface area (Å²) in [5, 5.41) is 21.6. The van der Waals surface area contributed by atoms with Crippen molar-refractivity contribution < 1.29 is 13.9 Å². The number of rotatable bonds is 7. The molecule has 2 aliphatic rings. The highest BCUT2D eigenvalue weighted by Crippen LogP contribution is 2.30. The minimum Gasteiger partial charge on any atom is -0.376 e. The van der Waals surface area contributed by atoms with Crippen LogP contribution in [0, 0.1) is 17.1 Å². The highest BCUT2D eigenvalue weighted by Gasteiger charge is 2.35. The van der Waals surface area contributed by atoms with E-state index in [4.69, 9.17) is 4.74 Å². The van der Waals surface area contributed by atoms with E-state index in [0.717, 1.165) is 37.9 Å². The van der Waals surface area contributed by atoms with Gasteiger partial charge in [-0.3, -0.25) is 9.36 Å². The first kappa shape index (κ1) is 20.8. The van der Waals surface area contributed by atoms with Gasteiger partial charge in [0.1, 0.15) is 11.4 Å². The average molecular weight is 430 g/mol.